The number of rotatable bonds is 8. The first-order valence-electron chi connectivity index (χ1n) is 9.55. The van der Waals surface area contributed by atoms with Crippen molar-refractivity contribution >= 4 is 23.5 Å². The van der Waals surface area contributed by atoms with Crippen LogP contribution < -0.4 is 20.1 Å². The zero-order chi connectivity index (χ0) is 21.7. The van der Waals surface area contributed by atoms with Crippen molar-refractivity contribution in [1.29, 1.82) is 0 Å². The van der Waals surface area contributed by atoms with Crippen molar-refractivity contribution < 1.29 is 23.9 Å². The van der Waals surface area contributed by atoms with E-state index in [4.69, 9.17) is 9.47 Å². The molecule has 0 bridgehead atoms. The molecule has 30 heavy (non-hydrogen) atoms. The predicted octanol–water partition coefficient (Wildman–Crippen LogP) is 2.59. The largest absolute Gasteiger partial charge is 0.497 e. The number of aryl methyl sites for hydroxylation is 1. The van der Waals surface area contributed by atoms with Gasteiger partial charge < -0.3 is 20.1 Å². The first-order chi connectivity index (χ1) is 14.3. The molecule has 1 fully saturated rings. The van der Waals surface area contributed by atoms with Gasteiger partial charge in [0.15, 0.2) is 0 Å². The fourth-order valence-electron chi connectivity index (χ4n) is 3.27. The maximum Gasteiger partial charge on any atom is 0.325 e. The number of hydrogen-bond acceptors (Lipinski definition) is 5. The molecule has 3 rings (SSSR count). The van der Waals surface area contributed by atoms with Crippen LogP contribution in [0.25, 0.3) is 0 Å². The Labute approximate surface area is 175 Å². The van der Waals surface area contributed by atoms with Gasteiger partial charge >= 0.3 is 6.03 Å². The van der Waals surface area contributed by atoms with Crippen LogP contribution in [0.1, 0.15) is 18.9 Å². The van der Waals surface area contributed by atoms with Gasteiger partial charge in [-0.1, -0.05) is 12.1 Å². The van der Waals surface area contributed by atoms with Gasteiger partial charge in [0.05, 0.1) is 14.2 Å². The van der Waals surface area contributed by atoms with Crippen LogP contribution in [0.4, 0.5) is 10.5 Å². The van der Waals surface area contributed by atoms with Gasteiger partial charge in [0.25, 0.3) is 5.91 Å². The highest BCUT2D eigenvalue weighted by molar-refractivity contribution is 6.09. The molecule has 0 radical (unpaired) electrons. The van der Waals surface area contributed by atoms with Crippen LogP contribution >= 0.6 is 0 Å². The smallest absolute Gasteiger partial charge is 0.325 e. The van der Waals surface area contributed by atoms with Crippen LogP contribution in [0.3, 0.4) is 0 Å². The Morgan fingerprint density at radius 2 is 1.57 bits per heavy atom. The number of nitrogens with zero attached hydrogens (tertiary/aromatic N) is 1. The van der Waals surface area contributed by atoms with Crippen molar-refractivity contribution in [2.45, 2.75) is 25.3 Å². The third-order valence-electron chi connectivity index (χ3n) is 5.09. The van der Waals surface area contributed by atoms with Crippen LogP contribution in [-0.4, -0.2) is 49.0 Å². The number of benzene rings is 2. The molecule has 4 amide bonds. The van der Waals surface area contributed by atoms with Gasteiger partial charge in [-0.25, -0.2) is 4.79 Å². The highest BCUT2D eigenvalue weighted by Crippen LogP contribution is 2.24. The van der Waals surface area contributed by atoms with Gasteiger partial charge in [-0.15, -0.1) is 0 Å². The summed E-state index contributed by atoms with van der Waals surface area (Å²) in [5.74, 6) is 0.549. The number of imide groups is 1. The summed E-state index contributed by atoms with van der Waals surface area (Å²) in [6.45, 7) is 1.33. The minimum atomic E-state index is -1.06. The summed E-state index contributed by atoms with van der Waals surface area (Å²) in [7, 11) is 3.15. The van der Waals surface area contributed by atoms with Crippen LogP contribution in [0.5, 0.6) is 11.5 Å². The van der Waals surface area contributed by atoms with E-state index < -0.39 is 23.4 Å². The van der Waals surface area contributed by atoms with Crippen molar-refractivity contribution in [3.05, 3.63) is 54.1 Å². The average molecular weight is 411 g/mol. The predicted molar refractivity (Wildman–Crippen MR) is 112 cm³/mol. The lowest BCUT2D eigenvalue weighted by atomic mass is 9.93. The maximum atomic E-state index is 12.9. The third-order valence-corrected chi connectivity index (χ3v) is 5.09. The SMILES string of the molecule is COc1ccc(CC[C@]2(C)NC(=O)N(CC(=O)Nc3ccc(OC)cc3)C2=O)cc1. The molecule has 8 nitrogen and oxygen atoms in total. The number of ether oxygens (including phenoxy) is 2. The highest BCUT2D eigenvalue weighted by Gasteiger charge is 2.47. The van der Waals surface area contributed by atoms with Crippen molar-refractivity contribution in [2.75, 3.05) is 26.1 Å². The summed E-state index contributed by atoms with van der Waals surface area (Å²) in [6, 6.07) is 13.8. The molecule has 1 heterocycles. The fourth-order valence-corrected chi connectivity index (χ4v) is 3.27. The monoisotopic (exact) mass is 411 g/mol. The number of nitrogens with one attached hydrogen (secondary N) is 2. The molecule has 1 aliphatic heterocycles. The van der Waals surface area contributed by atoms with E-state index in [0.29, 0.717) is 24.3 Å². The number of methoxy groups -OCH3 is 2. The fraction of sp³-hybridized carbons (Fsp3) is 0.318. The summed E-state index contributed by atoms with van der Waals surface area (Å²) >= 11 is 0. The molecule has 2 aromatic carbocycles. The van der Waals surface area contributed by atoms with E-state index in [1.165, 1.54) is 0 Å². The van der Waals surface area contributed by atoms with E-state index >= 15 is 0 Å². The Bertz CT molecular complexity index is 927. The Kier molecular flexibility index (Phi) is 6.25. The second-order valence-electron chi connectivity index (χ2n) is 7.28. The van der Waals surface area contributed by atoms with Crippen molar-refractivity contribution in [1.82, 2.24) is 10.2 Å². The molecule has 158 valence electrons. The molecule has 1 aliphatic rings. The van der Waals surface area contributed by atoms with E-state index in [-0.39, 0.29) is 6.54 Å². The Morgan fingerprint density at radius 1 is 1.00 bits per heavy atom. The van der Waals surface area contributed by atoms with Gasteiger partial charge in [0.1, 0.15) is 23.6 Å². The number of urea groups is 1. The van der Waals surface area contributed by atoms with Gasteiger partial charge in [-0.05, 0) is 61.7 Å². The molecule has 2 aromatic rings. The topological polar surface area (TPSA) is 97.0 Å². The molecule has 8 heteroatoms. The van der Waals surface area contributed by atoms with Gasteiger partial charge in [-0.3, -0.25) is 14.5 Å². The molecule has 0 saturated carbocycles. The summed E-state index contributed by atoms with van der Waals surface area (Å²) in [4.78, 5) is 38.5. The highest BCUT2D eigenvalue weighted by atomic mass is 16.5. The lowest BCUT2D eigenvalue weighted by Gasteiger charge is -2.21. The van der Waals surface area contributed by atoms with E-state index in [9.17, 15) is 14.4 Å². The number of amides is 4. The molecule has 0 unspecified atom stereocenters. The molecule has 0 aromatic heterocycles. The van der Waals surface area contributed by atoms with Crippen LogP contribution in [0, 0.1) is 0 Å². The zero-order valence-corrected chi connectivity index (χ0v) is 17.2. The van der Waals surface area contributed by atoms with Crippen molar-refractivity contribution in [3.8, 4) is 11.5 Å². The van der Waals surface area contributed by atoms with Crippen LogP contribution in [-0.2, 0) is 16.0 Å². The molecule has 0 spiro atoms. The quantitative estimate of drug-likeness (QED) is 0.651. The standard InChI is InChI=1S/C22H25N3O5/c1-22(13-12-15-4-8-17(29-2)9-5-15)20(27)25(21(28)24-22)14-19(26)23-16-6-10-18(30-3)11-7-16/h4-11H,12-14H2,1-3H3,(H,23,26)(H,24,28)/t22-/m0/s1. The minimum absolute atomic E-state index is 0.352. The molecular weight excluding hydrogens is 386 g/mol. The van der Waals surface area contributed by atoms with E-state index in [1.807, 2.05) is 24.3 Å². The summed E-state index contributed by atoms with van der Waals surface area (Å²) in [6.07, 6.45) is 1.01. The lowest BCUT2D eigenvalue weighted by molar-refractivity contribution is -0.133. The van der Waals surface area contributed by atoms with Crippen LogP contribution in [0.15, 0.2) is 48.5 Å². The van der Waals surface area contributed by atoms with Gasteiger partial charge in [0, 0.05) is 5.69 Å². The first kappa shape index (κ1) is 21.2. The number of carbonyl (C=O) groups excluding carboxylic acids is 3. The third kappa shape index (κ3) is 4.71. The number of carbonyl (C=O) groups is 3. The molecule has 1 saturated heterocycles. The summed E-state index contributed by atoms with van der Waals surface area (Å²) in [5, 5.41) is 5.40. The molecule has 0 aliphatic carbocycles. The van der Waals surface area contributed by atoms with Crippen molar-refractivity contribution in [3.63, 3.8) is 0 Å². The molecule has 2 N–H and O–H groups in total. The average Bonchev–Trinajstić information content (AvgIpc) is 2.96. The second-order valence-corrected chi connectivity index (χ2v) is 7.28. The maximum absolute atomic E-state index is 12.9. The lowest BCUT2D eigenvalue weighted by Crippen LogP contribution is -2.45. The first-order valence-corrected chi connectivity index (χ1v) is 9.55. The summed E-state index contributed by atoms with van der Waals surface area (Å²) < 4.78 is 10.2. The summed E-state index contributed by atoms with van der Waals surface area (Å²) in [5.41, 5.74) is 0.516. The van der Waals surface area contributed by atoms with E-state index in [2.05, 4.69) is 10.6 Å². The van der Waals surface area contributed by atoms with Gasteiger partial charge in [-0.2, -0.15) is 0 Å². The molecular formula is C22H25N3O5. The second kappa shape index (κ2) is 8.86. The minimum Gasteiger partial charge on any atom is -0.497 e. The van der Waals surface area contributed by atoms with Crippen LogP contribution in [0.2, 0.25) is 0 Å². The Morgan fingerprint density at radius 3 is 2.13 bits per heavy atom. The van der Waals surface area contributed by atoms with E-state index in [1.54, 1.807) is 45.4 Å². The normalized spacial score (nSPS) is 18.2. The Hall–Kier alpha value is -3.55. The van der Waals surface area contributed by atoms with E-state index in [0.717, 1.165) is 16.2 Å². The van der Waals surface area contributed by atoms with Crippen molar-refractivity contribution in [2.24, 2.45) is 0 Å². The number of hydrogen-bond donors (Lipinski definition) is 2. The van der Waals surface area contributed by atoms with Gasteiger partial charge in [0.2, 0.25) is 5.91 Å². The zero-order valence-electron chi connectivity index (χ0n) is 17.2. The number of anilines is 1. The Balaban J connectivity index is 1.58. The molecule has 1 atom stereocenters.